The van der Waals surface area contributed by atoms with Crippen LogP contribution in [0.1, 0.15) is 18.4 Å². The van der Waals surface area contributed by atoms with Crippen LogP contribution in [0.5, 0.6) is 0 Å². The molecule has 1 fully saturated rings. The van der Waals surface area contributed by atoms with Gasteiger partial charge in [-0.3, -0.25) is 4.79 Å². The SMILES string of the molecule is CNCc1cc(Br)ccc1N1CCCC(C(=O)NC)C1. The molecule has 20 heavy (non-hydrogen) atoms. The molecule has 1 atom stereocenters. The summed E-state index contributed by atoms with van der Waals surface area (Å²) in [5, 5.41) is 5.98. The topological polar surface area (TPSA) is 44.4 Å². The summed E-state index contributed by atoms with van der Waals surface area (Å²) in [6.45, 7) is 2.65. The average Bonchev–Trinajstić information content (AvgIpc) is 2.47. The lowest BCUT2D eigenvalue weighted by Crippen LogP contribution is -2.42. The number of carbonyl (C=O) groups is 1. The van der Waals surface area contributed by atoms with Crippen molar-refractivity contribution in [2.24, 2.45) is 5.92 Å². The van der Waals surface area contributed by atoms with Gasteiger partial charge in [0.25, 0.3) is 0 Å². The molecule has 0 saturated carbocycles. The second kappa shape index (κ2) is 7.09. The first-order valence-electron chi connectivity index (χ1n) is 7.05. The molecular formula is C15H22BrN3O. The molecule has 2 rings (SSSR count). The van der Waals surface area contributed by atoms with E-state index in [1.54, 1.807) is 7.05 Å². The number of hydrogen-bond donors (Lipinski definition) is 2. The summed E-state index contributed by atoms with van der Waals surface area (Å²) < 4.78 is 1.09. The van der Waals surface area contributed by atoms with Gasteiger partial charge in [-0.25, -0.2) is 0 Å². The van der Waals surface area contributed by atoms with E-state index in [9.17, 15) is 4.79 Å². The molecule has 1 aliphatic heterocycles. The number of nitrogens with zero attached hydrogens (tertiary/aromatic N) is 1. The fourth-order valence-corrected chi connectivity index (χ4v) is 3.22. The van der Waals surface area contributed by atoms with Gasteiger partial charge in [0.15, 0.2) is 0 Å². The Balaban J connectivity index is 2.20. The van der Waals surface area contributed by atoms with Gasteiger partial charge >= 0.3 is 0 Å². The normalized spacial score (nSPS) is 18.9. The van der Waals surface area contributed by atoms with Crippen LogP contribution in [0.4, 0.5) is 5.69 Å². The van der Waals surface area contributed by atoms with Crippen LogP contribution in [0.3, 0.4) is 0 Å². The Kier molecular flexibility index (Phi) is 5.43. The average molecular weight is 340 g/mol. The summed E-state index contributed by atoms with van der Waals surface area (Å²) in [6.07, 6.45) is 2.04. The minimum absolute atomic E-state index is 0.0971. The van der Waals surface area contributed by atoms with E-state index in [0.29, 0.717) is 0 Å². The van der Waals surface area contributed by atoms with Gasteiger partial charge in [-0.1, -0.05) is 15.9 Å². The second-order valence-electron chi connectivity index (χ2n) is 5.20. The van der Waals surface area contributed by atoms with Crippen molar-refractivity contribution >= 4 is 27.5 Å². The molecule has 1 aliphatic rings. The fraction of sp³-hybridized carbons (Fsp3) is 0.533. The van der Waals surface area contributed by atoms with Crippen LogP contribution in [0, 0.1) is 5.92 Å². The van der Waals surface area contributed by atoms with Crippen molar-refractivity contribution < 1.29 is 4.79 Å². The quantitative estimate of drug-likeness (QED) is 0.883. The Hall–Kier alpha value is -1.07. The van der Waals surface area contributed by atoms with Crippen molar-refractivity contribution in [2.45, 2.75) is 19.4 Å². The number of rotatable bonds is 4. The van der Waals surface area contributed by atoms with E-state index < -0.39 is 0 Å². The number of benzene rings is 1. The number of nitrogens with one attached hydrogen (secondary N) is 2. The fourth-order valence-electron chi connectivity index (χ4n) is 2.81. The summed E-state index contributed by atoms with van der Waals surface area (Å²) in [5.41, 5.74) is 2.50. The Morgan fingerprint density at radius 3 is 2.95 bits per heavy atom. The molecule has 1 heterocycles. The predicted octanol–water partition coefficient (Wildman–Crippen LogP) is 2.13. The third-order valence-electron chi connectivity index (χ3n) is 3.79. The van der Waals surface area contributed by atoms with Gasteiger partial charge < -0.3 is 15.5 Å². The lowest BCUT2D eigenvalue weighted by molar-refractivity contribution is -0.124. The van der Waals surface area contributed by atoms with Crippen LogP contribution in [0.2, 0.25) is 0 Å². The Morgan fingerprint density at radius 1 is 1.45 bits per heavy atom. The number of amides is 1. The monoisotopic (exact) mass is 339 g/mol. The standard InChI is InChI=1S/C15H22BrN3O/c1-17-9-12-8-13(16)5-6-14(12)19-7-3-4-11(10-19)15(20)18-2/h5-6,8,11,17H,3-4,7,9-10H2,1-2H3,(H,18,20). The minimum atomic E-state index is 0.0971. The zero-order valence-electron chi connectivity index (χ0n) is 12.1. The van der Waals surface area contributed by atoms with Crippen molar-refractivity contribution in [3.63, 3.8) is 0 Å². The van der Waals surface area contributed by atoms with E-state index in [-0.39, 0.29) is 11.8 Å². The highest BCUT2D eigenvalue weighted by atomic mass is 79.9. The van der Waals surface area contributed by atoms with Crippen molar-refractivity contribution in [2.75, 3.05) is 32.1 Å². The molecule has 1 saturated heterocycles. The second-order valence-corrected chi connectivity index (χ2v) is 6.12. The molecule has 4 nitrogen and oxygen atoms in total. The first-order chi connectivity index (χ1) is 9.65. The van der Waals surface area contributed by atoms with Gasteiger partial charge in [0.2, 0.25) is 5.91 Å². The molecule has 0 aromatic heterocycles. The van der Waals surface area contributed by atoms with Crippen LogP contribution in [-0.4, -0.2) is 33.1 Å². The summed E-state index contributed by atoms with van der Waals surface area (Å²) in [5.74, 6) is 0.252. The molecule has 110 valence electrons. The highest BCUT2D eigenvalue weighted by Crippen LogP contribution is 2.28. The van der Waals surface area contributed by atoms with E-state index in [2.05, 4.69) is 49.7 Å². The molecule has 0 bridgehead atoms. The molecule has 5 heteroatoms. The third-order valence-corrected chi connectivity index (χ3v) is 4.28. The largest absolute Gasteiger partial charge is 0.370 e. The van der Waals surface area contributed by atoms with Gasteiger partial charge in [-0.05, 0) is 43.7 Å². The lowest BCUT2D eigenvalue weighted by atomic mass is 9.96. The summed E-state index contributed by atoms with van der Waals surface area (Å²) in [6, 6.07) is 6.36. The zero-order chi connectivity index (χ0) is 14.5. The summed E-state index contributed by atoms with van der Waals surface area (Å²) in [7, 11) is 3.67. The number of piperidine rings is 1. The first-order valence-corrected chi connectivity index (χ1v) is 7.84. The van der Waals surface area contributed by atoms with Crippen LogP contribution in [0.25, 0.3) is 0 Å². The highest BCUT2D eigenvalue weighted by molar-refractivity contribution is 9.10. The Bertz CT molecular complexity index is 478. The molecule has 1 aromatic carbocycles. The van der Waals surface area contributed by atoms with Crippen molar-refractivity contribution in [3.05, 3.63) is 28.2 Å². The molecular weight excluding hydrogens is 318 g/mol. The predicted molar refractivity (Wildman–Crippen MR) is 85.9 cm³/mol. The molecule has 1 aromatic rings. The summed E-state index contributed by atoms with van der Waals surface area (Å²) in [4.78, 5) is 14.2. The van der Waals surface area contributed by atoms with Gasteiger partial charge in [-0.2, -0.15) is 0 Å². The minimum Gasteiger partial charge on any atom is -0.370 e. The maximum absolute atomic E-state index is 11.9. The van der Waals surface area contributed by atoms with Gasteiger partial charge in [0.1, 0.15) is 0 Å². The number of hydrogen-bond acceptors (Lipinski definition) is 3. The van der Waals surface area contributed by atoms with Crippen LogP contribution in [0.15, 0.2) is 22.7 Å². The zero-order valence-corrected chi connectivity index (χ0v) is 13.7. The maximum Gasteiger partial charge on any atom is 0.224 e. The van der Waals surface area contributed by atoms with E-state index >= 15 is 0 Å². The molecule has 0 radical (unpaired) electrons. The van der Waals surface area contributed by atoms with Crippen LogP contribution in [-0.2, 0) is 11.3 Å². The van der Waals surface area contributed by atoms with Crippen LogP contribution < -0.4 is 15.5 Å². The summed E-state index contributed by atoms with van der Waals surface area (Å²) >= 11 is 3.53. The number of carbonyl (C=O) groups excluding carboxylic acids is 1. The van der Waals surface area contributed by atoms with Gasteiger partial charge in [-0.15, -0.1) is 0 Å². The smallest absolute Gasteiger partial charge is 0.224 e. The molecule has 0 spiro atoms. The van der Waals surface area contributed by atoms with Crippen molar-refractivity contribution in [3.8, 4) is 0 Å². The first kappa shape index (κ1) is 15.3. The lowest BCUT2D eigenvalue weighted by Gasteiger charge is -2.35. The van der Waals surface area contributed by atoms with E-state index in [4.69, 9.17) is 0 Å². The van der Waals surface area contributed by atoms with E-state index in [1.165, 1.54) is 11.3 Å². The van der Waals surface area contributed by atoms with Gasteiger partial charge in [0, 0.05) is 36.8 Å². The third kappa shape index (κ3) is 3.52. The Labute approximate surface area is 129 Å². The maximum atomic E-state index is 11.9. The van der Waals surface area contributed by atoms with Crippen molar-refractivity contribution in [1.82, 2.24) is 10.6 Å². The van der Waals surface area contributed by atoms with Crippen molar-refractivity contribution in [1.29, 1.82) is 0 Å². The highest BCUT2D eigenvalue weighted by Gasteiger charge is 2.26. The van der Waals surface area contributed by atoms with Gasteiger partial charge in [0.05, 0.1) is 5.92 Å². The van der Waals surface area contributed by atoms with E-state index in [0.717, 1.165) is 36.9 Å². The Morgan fingerprint density at radius 2 is 2.25 bits per heavy atom. The number of halogens is 1. The molecule has 1 unspecified atom stereocenters. The molecule has 2 N–H and O–H groups in total. The van der Waals surface area contributed by atoms with Crippen LogP contribution >= 0.6 is 15.9 Å². The van der Waals surface area contributed by atoms with E-state index in [1.807, 2.05) is 7.05 Å². The molecule has 1 amide bonds. The number of anilines is 1. The molecule has 0 aliphatic carbocycles.